The van der Waals surface area contributed by atoms with Crippen LogP contribution < -0.4 is 5.73 Å². The first-order chi connectivity index (χ1) is 8.52. The summed E-state index contributed by atoms with van der Waals surface area (Å²) in [7, 11) is 1.65. The van der Waals surface area contributed by atoms with Gasteiger partial charge in [0.25, 0.3) is 0 Å². The summed E-state index contributed by atoms with van der Waals surface area (Å²) < 4.78 is 21.4. The molecule has 18 heavy (non-hydrogen) atoms. The van der Waals surface area contributed by atoms with Crippen molar-refractivity contribution >= 4 is 0 Å². The number of methoxy groups -OCH3 is 1. The fourth-order valence-electron chi connectivity index (χ4n) is 1.28. The van der Waals surface area contributed by atoms with Gasteiger partial charge in [-0.2, -0.15) is 0 Å². The second-order valence-electron chi connectivity index (χ2n) is 4.66. The molecular weight excluding hydrogens is 234 g/mol. The standard InChI is InChI=1S/C13H29NO4/c1-5-7-16-8-6-13(3,14)18-11-12(2)17-10-9-15-4/h12H,5-11,14H2,1-4H3. The first-order valence-electron chi connectivity index (χ1n) is 6.63. The van der Waals surface area contributed by atoms with Gasteiger partial charge >= 0.3 is 0 Å². The molecule has 2 atom stereocenters. The monoisotopic (exact) mass is 263 g/mol. The van der Waals surface area contributed by atoms with Gasteiger partial charge in [-0.15, -0.1) is 0 Å². The van der Waals surface area contributed by atoms with Crippen molar-refractivity contribution in [2.24, 2.45) is 5.73 Å². The molecule has 2 unspecified atom stereocenters. The highest BCUT2D eigenvalue weighted by molar-refractivity contribution is 4.67. The number of nitrogens with two attached hydrogens (primary N) is 1. The summed E-state index contributed by atoms with van der Waals surface area (Å²) in [5.74, 6) is 0. The average molecular weight is 263 g/mol. The van der Waals surface area contributed by atoms with Crippen LogP contribution in [-0.2, 0) is 18.9 Å². The smallest absolute Gasteiger partial charge is 0.116 e. The molecule has 5 heteroatoms. The summed E-state index contributed by atoms with van der Waals surface area (Å²) in [6, 6.07) is 0. The van der Waals surface area contributed by atoms with E-state index in [9.17, 15) is 0 Å². The van der Waals surface area contributed by atoms with Gasteiger partial charge < -0.3 is 24.7 Å². The third kappa shape index (κ3) is 10.9. The van der Waals surface area contributed by atoms with Gasteiger partial charge in [0.15, 0.2) is 0 Å². The Labute approximate surface area is 111 Å². The molecule has 0 aromatic carbocycles. The second kappa shape index (κ2) is 10.7. The van der Waals surface area contributed by atoms with Crippen LogP contribution in [0.3, 0.4) is 0 Å². The van der Waals surface area contributed by atoms with Gasteiger partial charge in [0.05, 0.1) is 32.5 Å². The van der Waals surface area contributed by atoms with E-state index in [2.05, 4.69) is 6.92 Å². The lowest BCUT2D eigenvalue weighted by molar-refractivity contribution is -0.0960. The molecule has 2 N–H and O–H groups in total. The predicted molar refractivity (Wildman–Crippen MR) is 71.6 cm³/mol. The molecule has 0 radical (unpaired) electrons. The summed E-state index contributed by atoms with van der Waals surface area (Å²) in [6.45, 7) is 8.94. The normalized spacial score (nSPS) is 16.5. The molecule has 0 aliphatic rings. The lowest BCUT2D eigenvalue weighted by atomic mass is 10.2. The minimum absolute atomic E-state index is 0.0135. The molecule has 0 spiro atoms. The Kier molecular flexibility index (Phi) is 10.6. The fourth-order valence-corrected chi connectivity index (χ4v) is 1.28. The molecule has 0 fully saturated rings. The molecule has 0 aliphatic carbocycles. The lowest BCUT2D eigenvalue weighted by Crippen LogP contribution is -2.42. The van der Waals surface area contributed by atoms with Crippen molar-refractivity contribution in [1.82, 2.24) is 0 Å². The highest BCUT2D eigenvalue weighted by atomic mass is 16.6. The minimum atomic E-state index is -0.660. The first kappa shape index (κ1) is 17.8. The SMILES string of the molecule is CCCOCCC(C)(N)OCC(C)OCCOC. The Balaban J connectivity index is 3.60. The van der Waals surface area contributed by atoms with Crippen LogP contribution in [0.5, 0.6) is 0 Å². The molecule has 0 saturated carbocycles. The van der Waals surface area contributed by atoms with Crippen molar-refractivity contribution < 1.29 is 18.9 Å². The van der Waals surface area contributed by atoms with Crippen LogP contribution in [0.2, 0.25) is 0 Å². The summed E-state index contributed by atoms with van der Waals surface area (Å²) in [6.07, 6.45) is 1.71. The largest absolute Gasteiger partial charge is 0.382 e. The third-order valence-electron chi connectivity index (χ3n) is 2.43. The summed E-state index contributed by atoms with van der Waals surface area (Å²) in [4.78, 5) is 0. The molecule has 0 aliphatic heterocycles. The molecular formula is C13H29NO4. The number of hydrogen-bond acceptors (Lipinski definition) is 5. The van der Waals surface area contributed by atoms with Crippen LogP contribution in [0.25, 0.3) is 0 Å². The summed E-state index contributed by atoms with van der Waals surface area (Å²) in [5.41, 5.74) is 5.36. The van der Waals surface area contributed by atoms with Crippen LogP contribution in [0.15, 0.2) is 0 Å². The van der Waals surface area contributed by atoms with Crippen molar-refractivity contribution in [2.45, 2.75) is 45.4 Å². The van der Waals surface area contributed by atoms with Gasteiger partial charge in [0, 0.05) is 20.1 Å². The van der Waals surface area contributed by atoms with Crippen molar-refractivity contribution in [1.29, 1.82) is 0 Å². The van der Waals surface area contributed by atoms with Crippen LogP contribution >= 0.6 is 0 Å². The fraction of sp³-hybridized carbons (Fsp3) is 1.00. The van der Waals surface area contributed by atoms with E-state index in [0.717, 1.165) is 13.0 Å². The number of hydrogen-bond donors (Lipinski definition) is 1. The molecule has 0 saturated heterocycles. The van der Waals surface area contributed by atoms with Crippen molar-refractivity contribution in [2.75, 3.05) is 40.1 Å². The molecule has 0 heterocycles. The van der Waals surface area contributed by atoms with E-state index in [4.69, 9.17) is 24.7 Å². The molecule has 110 valence electrons. The van der Waals surface area contributed by atoms with Gasteiger partial charge in [-0.25, -0.2) is 0 Å². The number of rotatable bonds is 12. The van der Waals surface area contributed by atoms with Crippen molar-refractivity contribution in [3.8, 4) is 0 Å². The Morgan fingerprint density at radius 3 is 2.50 bits per heavy atom. The maximum atomic E-state index is 6.02. The van der Waals surface area contributed by atoms with E-state index < -0.39 is 5.72 Å². The van der Waals surface area contributed by atoms with E-state index >= 15 is 0 Å². The Bertz CT molecular complexity index is 188. The van der Waals surface area contributed by atoms with Gasteiger partial charge in [0.2, 0.25) is 0 Å². The Morgan fingerprint density at radius 1 is 1.17 bits per heavy atom. The molecule has 0 aromatic heterocycles. The van der Waals surface area contributed by atoms with Crippen molar-refractivity contribution in [3.63, 3.8) is 0 Å². The van der Waals surface area contributed by atoms with Gasteiger partial charge in [-0.3, -0.25) is 0 Å². The lowest BCUT2D eigenvalue weighted by Gasteiger charge is -2.27. The van der Waals surface area contributed by atoms with Crippen LogP contribution in [0.4, 0.5) is 0 Å². The molecule has 0 rings (SSSR count). The summed E-state index contributed by atoms with van der Waals surface area (Å²) in [5, 5.41) is 0. The zero-order valence-electron chi connectivity index (χ0n) is 12.2. The molecule has 0 aromatic rings. The molecule has 5 nitrogen and oxygen atoms in total. The van der Waals surface area contributed by atoms with Crippen LogP contribution in [0.1, 0.15) is 33.6 Å². The highest BCUT2D eigenvalue weighted by Crippen LogP contribution is 2.09. The highest BCUT2D eigenvalue weighted by Gasteiger charge is 2.20. The molecule has 0 amide bonds. The predicted octanol–water partition coefficient (Wildman–Crippen LogP) is 1.55. The molecule has 0 bridgehead atoms. The Morgan fingerprint density at radius 2 is 1.89 bits per heavy atom. The number of ether oxygens (including phenoxy) is 4. The van der Waals surface area contributed by atoms with Crippen LogP contribution in [-0.4, -0.2) is 52.0 Å². The quantitative estimate of drug-likeness (QED) is 0.427. The van der Waals surface area contributed by atoms with Gasteiger partial charge in [-0.05, 0) is 20.3 Å². The van der Waals surface area contributed by atoms with Crippen molar-refractivity contribution in [3.05, 3.63) is 0 Å². The van der Waals surface area contributed by atoms with Gasteiger partial charge in [-0.1, -0.05) is 6.92 Å². The minimum Gasteiger partial charge on any atom is -0.382 e. The van der Waals surface area contributed by atoms with E-state index in [0.29, 0.717) is 32.8 Å². The third-order valence-corrected chi connectivity index (χ3v) is 2.43. The van der Waals surface area contributed by atoms with E-state index in [1.54, 1.807) is 7.11 Å². The Hall–Kier alpha value is -0.200. The van der Waals surface area contributed by atoms with E-state index in [1.165, 1.54) is 0 Å². The second-order valence-corrected chi connectivity index (χ2v) is 4.66. The maximum Gasteiger partial charge on any atom is 0.116 e. The average Bonchev–Trinajstić information content (AvgIpc) is 2.33. The maximum absolute atomic E-state index is 6.02. The topological polar surface area (TPSA) is 62.9 Å². The zero-order valence-corrected chi connectivity index (χ0v) is 12.2. The first-order valence-corrected chi connectivity index (χ1v) is 6.63. The van der Waals surface area contributed by atoms with E-state index in [-0.39, 0.29) is 6.10 Å². The summed E-state index contributed by atoms with van der Waals surface area (Å²) >= 11 is 0. The zero-order chi connectivity index (χ0) is 13.9. The van der Waals surface area contributed by atoms with E-state index in [1.807, 2.05) is 13.8 Å². The van der Waals surface area contributed by atoms with Gasteiger partial charge in [0.1, 0.15) is 5.72 Å². The van der Waals surface area contributed by atoms with Crippen LogP contribution in [0, 0.1) is 0 Å².